The minimum Gasteiger partial charge on any atom is -0.455 e. The molecule has 0 aliphatic heterocycles. The van der Waals surface area contributed by atoms with Crippen LogP contribution >= 0.6 is 0 Å². The van der Waals surface area contributed by atoms with Crippen LogP contribution in [0.4, 0.5) is 0 Å². The predicted octanol–water partition coefficient (Wildman–Crippen LogP) is 10.8. The van der Waals surface area contributed by atoms with E-state index in [1.54, 1.807) is 5.57 Å². The van der Waals surface area contributed by atoms with Gasteiger partial charge in [0, 0.05) is 33.9 Å². The Morgan fingerprint density at radius 2 is 1.39 bits per heavy atom. The molecule has 9 rings (SSSR count). The molecule has 4 unspecified atom stereocenters. The van der Waals surface area contributed by atoms with Crippen molar-refractivity contribution in [1.82, 2.24) is 0 Å². The van der Waals surface area contributed by atoms with E-state index in [0.29, 0.717) is 23.7 Å². The molecular weight excluding hydrogens is 496 g/mol. The van der Waals surface area contributed by atoms with Crippen molar-refractivity contribution < 1.29 is 4.42 Å². The quantitative estimate of drug-likeness (QED) is 0.205. The molecule has 0 saturated carbocycles. The fraction of sp³-hybridized carbons (Fsp3) is 0.150. The van der Waals surface area contributed by atoms with E-state index in [4.69, 9.17) is 4.42 Å². The third-order valence-electron chi connectivity index (χ3n) is 9.82. The van der Waals surface area contributed by atoms with Crippen molar-refractivity contribution in [3.63, 3.8) is 0 Å². The number of benzene rings is 5. The maximum Gasteiger partial charge on any atom is 0.143 e. The summed E-state index contributed by atoms with van der Waals surface area (Å²) in [5.41, 5.74) is 7.93. The molecule has 196 valence electrons. The highest BCUT2D eigenvalue weighted by Gasteiger charge is 2.43. The van der Waals surface area contributed by atoms with E-state index >= 15 is 0 Å². The number of rotatable bonds is 2. The monoisotopic (exact) mass is 526 g/mol. The van der Waals surface area contributed by atoms with Gasteiger partial charge in [0.15, 0.2) is 0 Å². The van der Waals surface area contributed by atoms with Gasteiger partial charge in [-0.2, -0.15) is 0 Å². The van der Waals surface area contributed by atoms with Crippen LogP contribution in [0, 0.1) is 17.8 Å². The molecule has 0 spiro atoms. The standard InChI is InChI=1S/C40H30O/c1-2-12-26-23-27(22-21-25(26)11-1)38-30-15-4-6-17-32(30)39(33-18-7-5-16-31(33)38)35-24-36-29-14-9-10-20-37(29)41-40(36)34-19-8-3-13-28(34)35/h1-6,8-17,19-24,30-32,38H,7,18H2. The van der Waals surface area contributed by atoms with Crippen molar-refractivity contribution >= 4 is 49.1 Å². The number of allylic oxidation sites excluding steroid dienone is 8. The van der Waals surface area contributed by atoms with Crippen LogP contribution in [0.1, 0.15) is 29.9 Å². The minimum atomic E-state index is 0.327. The second-order valence-corrected chi connectivity index (χ2v) is 11.9. The zero-order valence-corrected chi connectivity index (χ0v) is 22.8. The Labute approximate surface area is 239 Å². The molecule has 0 amide bonds. The van der Waals surface area contributed by atoms with E-state index in [1.807, 2.05) is 0 Å². The Hall–Kier alpha value is -4.62. The van der Waals surface area contributed by atoms with E-state index in [2.05, 4.69) is 134 Å². The molecule has 0 bridgehead atoms. The number of furan rings is 1. The molecule has 1 nitrogen and oxygen atoms in total. The highest BCUT2D eigenvalue weighted by atomic mass is 16.3. The molecule has 4 atom stereocenters. The second kappa shape index (κ2) is 8.94. The van der Waals surface area contributed by atoms with Gasteiger partial charge < -0.3 is 4.42 Å². The number of hydrogen-bond acceptors (Lipinski definition) is 1. The zero-order chi connectivity index (χ0) is 26.9. The molecule has 1 heterocycles. The molecule has 5 aromatic carbocycles. The fourth-order valence-electron chi connectivity index (χ4n) is 8.09. The Bertz CT molecular complexity index is 2130. The molecule has 3 aliphatic carbocycles. The summed E-state index contributed by atoms with van der Waals surface area (Å²) in [7, 11) is 0. The summed E-state index contributed by atoms with van der Waals surface area (Å²) in [6, 6.07) is 35.7. The van der Waals surface area contributed by atoms with E-state index in [-0.39, 0.29) is 0 Å². The summed E-state index contributed by atoms with van der Waals surface area (Å²) in [5, 5.41) is 7.55. The lowest BCUT2D eigenvalue weighted by molar-refractivity contribution is 0.364. The average molecular weight is 527 g/mol. The molecule has 6 aromatic rings. The van der Waals surface area contributed by atoms with Gasteiger partial charge in [-0.1, -0.05) is 127 Å². The minimum absolute atomic E-state index is 0.327. The Balaban J connectivity index is 1.33. The van der Waals surface area contributed by atoms with E-state index in [9.17, 15) is 0 Å². The van der Waals surface area contributed by atoms with Crippen molar-refractivity contribution in [3.8, 4) is 0 Å². The zero-order valence-electron chi connectivity index (χ0n) is 22.8. The van der Waals surface area contributed by atoms with Crippen molar-refractivity contribution in [2.24, 2.45) is 17.8 Å². The van der Waals surface area contributed by atoms with Crippen molar-refractivity contribution in [3.05, 3.63) is 150 Å². The Kier molecular flexibility index (Phi) is 5.04. The fourth-order valence-corrected chi connectivity index (χ4v) is 8.09. The Morgan fingerprint density at radius 3 is 2.32 bits per heavy atom. The third kappa shape index (κ3) is 3.42. The van der Waals surface area contributed by atoms with Crippen molar-refractivity contribution in [2.45, 2.75) is 18.8 Å². The summed E-state index contributed by atoms with van der Waals surface area (Å²) >= 11 is 0. The van der Waals surface area contributed by atoms with E-state index in [1.165, 1.54) is 49.0 Å². The molecule has 41 heavy (non-hydrogen) atoms. The smallest absolute Gasteiger partial charge is 0.143 e. The first-order valence-electron chi connectivity index (χ1n) is 14.9. The van der Waals surface area contributed by atoms with Crippen LogP contribution in [-0.2, 0) is 0 Å². The van der Waals surface area contributed by atoms with Gasteiger partial charge in [-0.3, -0.25) is 0 Å². The maximum atomic E-state index is 6.48. The summed E-state index contributed by atoms with van der Waals surface area (Å²) in [4.78, 5) is 0. The highest BCUT2D eigenvalue weighted by Crippen LogP contribution is 2.56. The summed E-state index contributed by atoms with van der Waals surface area (Å²) in [6.07, 6.45) is 16.7. The molecule has 0 N–H and O–H groups in total. The van der Waals surface area contributed by atoms with Crippen molar-refractivity contribution in [1.29, 1.82) is 0 Å². The SMILES string of the molecule is C1=CC2C(c3cc4c5ccccc5oc4c4ccccc34)=C3CCC=CC3C(c3ccc4ccccc4c3)C2C=C1. The van der Waals surface area contributed by atoms with Gasteiger partial charge in [0.25, 0.3) is 0 Å². The van der Waals surface area contributed by atoms with Gasteiger partial charge in [-0.25, -0.2) is 0 Å². The number of fused-ring (bicyclic) bond motifs is 8. The van der Waals surface area contributed by atoms with Gasteiger partial charge in [0.2, 0.25) is 0 Å². The first kappa shape index (κ1) is 23.1. The highest BCUT2D eigenvalue weighted by molar-refractivity contribution is 6.18. The average Bonchev–Trinajstić information content (AvgIpc) is 3.42. The van der Waals surface area contributed by atoms with Gasteiger partial charge in [0.05, 0.1) is 0 Å². The van der Waals surface area contributed by atoms with Gasteiger partial charge in [0.1, 0.15) is 11.2 Å². The molecular formula is C40H30O. The molecule has 0 fully saturated rings. The van der Waals surface area contributed by atoms with Crippen LogP contribution < -0.4 is 0 Å². The van der Waals surface area contributed by atoms with Crippen LogP contribution in [0.2, 0.25) is 0 Å². The van der Waals surface area contributed by atoms with Crippen LogP contribution in [0.25, 0.3) is 49.1 Å². The van der Waals surface area contributed by atoms with Gasteiger partial charge in [-0.05, 0) is 63.8 Å². The topological polar surface area (TPSA) is 13.1 Å². The molecule has 3 aliphatic rings. The van der Waals surface area contributed by atoms with Gasteiger partial charge >= 0.3 is 0 Å². The molecule has 1 aromatic heterocycles. The van der Waals surface area contributed by atoms with Crippen LogP contribution in [0.3, 0.4) is 0 Å². The normalized spacial score (nSPS) is 23.5. The number of para-hydroxylation sites is 1. The summed E-state index contributed by atoms with van der Waals surface area (Å²) in [6.45, 7) is 0. The molecule has 1 heteroatoms. The van der Waals surface area contributed by atoms with Crippen LogP contribution in [-0.4, -0.2) is 0 Å². The lowest BCUT2D eigenvalue weighted by atomic mass is 9.58. The van der Waals surface area contributed by atoms with Gasteiger partial charge in [-0.15, -0.1) is 0 Å². The summed E-state index contributed by atoms with van der Waals surface area (Å²) in [5.74, 6) is 1.51. The maximum absolute atomic E-state index is 6.48. The second-order valence-electron chi connectivity index (χ2n) is 11.9. The molecule has 0 saturated heterocycles. The molecule has 0 radical (unpaired) electrons. The summed E-state index contributed by atoms with van der Waals surface area (Å²) < 4.78 is 6.48. The first-order chi connectivity index (χ1) is 20.3. The lowest BCUT2D eigenvalue weighted by Gasteiger charge is -2.46. The Morgan fingerprint density at radius 1 is 0.610 bits per heavy atom. The van der Waals surface area contributed by atoms with E-state index in [0.717, 1.165) is 24.0 Å². The number of hydrogen-bond donors (Lipinski definition) is 0. The van der Waals surface area contributed by atoms with Crippen molar-refractivity contribution in [2.75, 3.05) is 0 Å². The van der Waals surface area contributed by atoms with Crippen LogP contribution in [0.15, 0.2) is 144 Å². The largest absolute Gasteiger partial charge is 0.455 e. The third-order valence-corrected chi connectivity index (χ3v) is 9.82. The lowest BCUT2D eigenvalue weighted by Crippen LogP contribution is -2.34. The first-order valence-corrected chi connectivity index (χ1v) is 14.9. The van der Waals surface area contributed by atoms with E-state index < -0.39 is 0 Å². The van der Waals surface area contributed by atoms with Crippen LogP contribution in [0.5, 0.6) is 0 Å². The predicted molar refractivity (Wildman–Crippen MR) is 172 cm³/mol.